The molecule has 7 nitrogen and oxygen atoms in total. The van der Waals surface area contributed by atoms with Crippen LogP contribution in [-0.4, -0.2) is 45.8 Å². The van der Waals surface area contributed by atoms with Crippen LogP contribution in [0.3, 0.4) is 0 Å². The molecule has 0 aliphatic rings. The Morgan fingerprint density at radius 2 is 1.95 bits per heavy atom. The maximum atomic E-state index is 12.2. The van der Waals surface area contributed by atoms with E-state index in [1.807, 2.05) is 0 Å². The molecule has 2 aromatic rings. The van der Waals surface area contributed by atoms with Crippen LogP contribution in [0.25, 0.3) is 10.8 Å². The molecule has 0 amide bonds. The Morgan fingerprint density at radius 3 is 2.60 bits per heavy atom. The lowest BCUT2D eigenvalue weighted by Gasteiger charge is -2.08. The summed E-state index contributed by atoms with van der Waals surface area (Å²) in [5, 5.41) is 22.2. The molecule has 0 saturated heterocycles. The molecule has 0 atom stereocenters. The van der Waals surface area contributed by atoms with Gasteiger partial charge in [-0.3, -0.25) is 4.79 Å². The van der Waals surface area contributed by atoms with Crippen molar-refractivity contribution in [1.29, 1.82) is 0 Å². The molecule has 1 aromatic carbocycles. The Hall–Kier alpha value is -2.25. The van der Waals surface area contributed by atoms with E-state index in [1.54, 1.807) is 24.3 Å². The third kappa shape index (κ3) is 2.84. The van der Waals surface area contributed by atoms with Crippen molar-refractivity contribution < 1.29 is 19.7 Å². The maximum absolute atomic E-state index is 12.2. The summed E-state index contributed by atoms with van der Waals surface area (Å²) in [5.41, 5.74) is -0.527. The lowest BCUT2D eigenvalue weighted by atomic mass is 10.1. The third-order valence-corrected chi connectivity index (χ3v) is 2.75. The van der Waals surface area contributed by atoms with E-state index in [0.29, 0.717) is 10.8 Å². The number of carboxylic acids is 1. The first-order valence-corrected chi connectivity index (χ1v) is 6.07. The number of aromatic nitrogens is 2. The van der Waals surface area contributed by atoms with Gasteiger partial charge in [-0.2, -0.15) is 5.10 Å². The number of fused-ring (bicyclic) bond motifs is 1. The van der Waals surface area contributed by atoms with Gasteiger partial charge in [0.25, 0.3) is 5.56 Å². The fourth-order valence-corrected chi connectivity index (χ4v) is 1.86. The van der Waals surface area contributed by atoms with Crippen molar-refractivity contribution >= 4 is 16.7 Å². The fourth-order valence-electron chi connectivity index (χ4n) is 1.86. The first kappa shape index (κ1) is 14.2. The number of benzene rings is 1. The molecule has 1 heterocycles. The van der Waals surface area contributed by atoms with Gasteiger partial charge in [-0.25, -0.2) is 9.48 Å². The van der Waals surface area contributed by atoms with Gasteiger partial charge >= 0.3 is 5.97 Å². The first-order chi connectivity index (χ1) is 9.65. The zero-order valence-electron chi connectivity index (χ0n) is 10.7. The minimum atomic E-state index is -1.19. The van der Waals surface area contributed by atoms with Crippen LogP contribution in [0.4, 0.5) is 0 Å². The summed E-state index contributed by atoms with van der Waals surface area (Å²) in [6, 6.07) is 6.45. The van der Waals surface area contributed by atoms with Crippen LogP contribution >= 0.6 is 0 Å². The molecule has 20 heavy (non-hydrogen) atoms. The van der Waals surface area contributed by atoms with E-state index >= 15 is 0 Å². The zero-order chi connectivity index (χ0) is 14.5. The van der Waals surface area contributed by atoms with Crippen molar-refractivity contribution in [2.45, 2.75) is 6.54 Å². The molecule has 1 aromatic heterocycles. The van der Waals surface area contributed by atoms with Crippen LogP contribution in [0.1, 0.15) is 10.5 Å². The van der Waals surface area contributed by atoms with E-state index in [-0.39, 0.29) is 37.6 Å². The summed E-state index contributed by atoms with van der Waals surface area (Å²) in [7, 11) is 0. The van der Waals surface area contributed by atoms with Crippen LogP contribution in [0.15, 0.2) is 29.1 Å². The van der Waals surface area contributed by atoms with Crippen molar-refractivity contribution in [2.75, 3.05) is 19.8 Å². The molecule has 7 heteroatoms. The molecule has 0 spiro atoms. The van der Waals surface area contributed by atoms with Crippen LogP contribution in [0.2, 0.25) is 0 Å². The summed E-state index contributed by atoms with van der Waals surface area (Å²) in [6.07, 6.45) is 0. The average Bonchev–Trinajstić information content (AvgIpc) is 2.45. The number of aliphatic hydroxyl groups is 1. The normalized spacial score (nSPS) is 10.8. The Morgan fingerprint density at radius 1 is 1.25 bits per heavy atom. The second-order valence-electron chi connectivity index (χ2n) is 4.06. The Labute approximate surface area is 114 Å². The lowest BCUT2D eigenvalue weighted by Crippen LogP contribution is -2.28. The highest BCUT2D eigenvalue weighted by atomic mass is 16.5. The highest BCUT2D eigenvalue weighted by molar-refractivity contribution is 6.01. The topological polar surface area (TPSA) is 102 Å². The summed E-state index contributed by atoms with van der Waals surface area (Å²) in [4.78, 5) is 23.4. The number of carbonyl (C=O) groups is 1. The number of nitrogens with zero attached hydrogens (tertiary/aromatic N) is 2. The number of aliphatic hydroxyl groups excluding tert-OH is 1. The summed E-state index contributed by atoms with van der Waals surface area (Å²) >= 11 is 0. The average molecular weight is 278 g/mol. The minimum Gasteiger partial charge on any atom is -0.476 e. The van der Waals surface area contributed by atoms with E-state index in [2.05, 4.69) is 5.10 Å². The van der Waals surface area contributed by atoms with E-state index < -0.39 is 5.97 Å². The molecule has 0 aliphatic carbocycles. The molecule has 106 valence electrons. The van der Waals surface area contributed by atoms with E-state index in [9.17, 15) is 9.59 Å². The molecule has 0 aliphatic heterocycles. The van der Waals surface area contributed by atoms with Gasteiger partial charge in [0, 0.05) is 5.39 Å². The first-order valence-electron chi connectivity index (χ1n) is 6.07. The van der Waals surface area contributed by atoms with Crippen LogP contribution in [-0.2, 0) is 11.3 Å². The number of rotatable bonds is 6. The highest BCUT2D eigenvalue weighted by Gasteiger charge is 2.15. The van der Waals surface area contributed by atoms with E-state index in [4.69, 9.17) is 14.9 Å². The molecule has 2 N–H and O–H groups in total. The Kier molecular flexibility index (Phi) is 4.44. The van der Waals surface area contributed by atoms with Crippen molar-refractivity contribution in [2.24, 2.45) is 0 Å². The monoisotopic (exact) mass is 278 g/mol. The van der Waals surface area contributed by atoms with Gasteiger partial charge in [-0.15, -0.1) is 0 Å². The summed E-state index contributed by atoms with van der Waals surface area (Å²) < 4.78 is 6.13. The highest BCUT2D eigenvalue weighted by Crippen LogP contribution is 2.12. The zero-order valence-corrected chi connectivity index (χ0v) is 10.7. The fraction of sp³-hybridized carbons (Fsp3) is 0.308. The molecule has 0 radical (unpaired) electrons. The van der Waals surface area contributed by atoms with Crippen molar-refractivity contribution in [3.63, 3.8) is 0 Å². The predicted octanol–water partition coefficient (Wildman–Crippen LogP) is 0.104. The smallest absolute Gasteiger partial charge is 0.357 e. The van der Waals surface area contributed by atoms with Crippen LogP contribution in [0, 0.1) is 0 Å². The molecule has 0 saturated carbocycles. The number of hydrogen-bond donors (Lipinski definition) is 2. The summed E-state index contributed by atoms with van der Waals surface area (Å²) in [6.45, 7) is 0.351. The van der Waals surface area contributed by atoms with Gasteiger partial charge in [0.1, 0.15) is 0 Å². The largest absolute Gasteiger partial charge is 0.476 e. The van der Waals surface area contributed by atoms with E-state index in [0.717, 1.165) is 4.68 Å². The molecular weight excluding hydrogens is 264 g/mol. The number of hydrogen-bond acceptors (Lipinski definition) is 5. The number of carboxylic acid groups (broad SMARTS) is 1. The third-order valence-electron chi connectivity index (χ3n) is 2.75. The van der Waals surface area contributed by atoms with Crippen molar-refractivity contribution in [3.8, 4) is 0 Å². The van der Waals surface area contributed by atoms with Crippen LogP contribution in [0.5, 0.6) is 0 Å². The molecule has 0 unspecified atom stereocenters. The molecular formula is C13H14N2O5. The van der Waals surface area contributed by atoms with Crippen molar-refractivity contribution in [3.05, 3.63) is 40.3 Å². The molecule has 2 rings (SSSR count). The summed E-state index contributed by atoms with van der Waals surface area (Å²) in [5.74, 6) is -1.19. The van der Waals surface area contributed by atoms with E-state index in [1.165, 1.54) is 0 Å². The van der Waals surface area contributed by atoms with Gasteiger partial charge in [0.2, 0.25) is 0 Å². The second kappa shape index (κ2) is 6.27. The molecule has 0 bridgehead atoms. The predicted molar refractivity (Wildman–Crippen MR) is 70.9 cm³/mol. The molecule has 0 fully saturated rings. The number of aromatic carboxylic acids is 1. The van der Waals surface area contributed by atoms with Crippen LogP contribution < -0.4 is 5.56 Å². The number of ether oxygens (including phenoxy) is 1. The second-order valence-corrected chi connectivity index (χ2v) is 4.06. The maximum Gasteiger partial charge on any atom is 0.357 e. The Balaban J connectivity index is 2.42. The van der Waals surface area contributed by atoms with Gasteiger partial charge < -0.3 is 14.9 Å². The minimum absolute atomic E-state index is 0.111. The SMILES string of the molecule is O=C(O)c1nn(CCOCCO)c(=O)c2ccccc12. The standard InChI is InChI=1S/C13H14N2O5/c16-6-8-20-7-5-15-12(17)10-4-2-1-3-9(10)11(14-15)13(18)19/h1-4,16H,5-8H2,(H,18,19). The quantitative estimate of drug-likeness (QED) is 0.727. The van der Waals surface area contributed by atoms with Crippen molar-refractivity contribution in [1.82, 2.24) is 9.78 Å². The van der Waals surface area contributed by atoms with Gasteiger partial charge in [0.15, 0.2) is 5.69 Å². The lowest BCUT2D eigenvalue weighted by molar-refractivity contribution is 0.0685. The van der Waals surface area contributed by atoms with Gasteiger partial charge in [-0.05, 0) is 6.07 Å². The van der Waals surface area contributed by atoms with Gasteiger partial charge in [-0.1, -0.05) is 18.2 Å². The van der Waals surface area contributed by atoms with Gasteiger partial charge in [0.05, 0.1) is 31.8 Å². The Bertz CT molecular complexity index is 680.